The number of aryl methyl sites for hydroxylation is 1. The van der Waals surface area contributed by atoms with Crippen LogP contribution in [0, 0.1) is 0 Å². The molecule has 28 heavy (non-hydrogen) atoms. The van der Waals surface area contributed by atoms with Gasteiger partial charge >= 0.3 is 0 Å². The molecule has 2 amide bonds. The van der Waals surface area contributed by atoms with E-state index in [9.17, 15) is 9.59 Å². The van der Waals surface area contributed by atoms with Crippen LogP contribution in [0.2, 0.25) is 0 Å². The Balaban J connectivity index is 1.28. The Hall–Kier alpha value is -2.81. The van der Waals surface area contributed by atoms with Crippen molar-refractivity contribution in [2.24, 2.45) is 0 Å². The summed E-state index contributed by atoms with van der Waals surface area (Å²) in [4.78, 5) is 27.6. The minimum atomic E-state index is -0.0922. The molecule has 1 N–H and O–H groups in total. The first-order valence-corrected chi connectivity index (χ1v) is 9.78. The third-order valence-electron chi connectivity index (χ3n) is 5.33. The van der Waals surface area contributed by atoms with Crippen LogP contribution in [-0.4, -0.2) is 68.0 Å². The van der Waals surface area contributed by atoms with Gasteiger partial charge in [-0.2, -0.15) is 0 Å². The zero-order valence-electron chi connectivity index (χ0n) is 15.9. The van der Waals surface area contributed by atoms with Crippen molar-refractivity contribution in [1.29, 1.82) is 0 Å². The normalized spacial score (nSPS) is 17.3. The Morgan fingerprint density at radius 2 is 2.00 bits per heavy atom. The zero-order chi connectivity index (χ0) is 19.3. The Labute approximate surface area is 163 Å². The maximum Gasteiger partial charge on any atom is 0.239 e. The summed E-state index contributed by atoms with van der Waals surface area (Å²) in [6, 6.07) is 8.54. The van der Waals surface area contributed by atoms with Gasteiger partial charge in [-0.1, -0.05) is 24.3 Å². The van der Waals surface area contributed by atoms with Crippen LogP contribution in [0.5, 0.6) is 0 Å². The topological polar surface area (TPSA) is 96.2 Å². The Kier molecular flexibility index (Phi) is 5.61. The molecule has 4 rings (SSSR count). The van der Waals surface area contributed by atoms with Gasteiger partial charge < -0.3 is 10.2 Å². The van der Waals surface area contributed by atoms with Crippen LogP contribution in [0.15, 0.2) is 24.3 Å². The summed E-state index contributed by atoms with van der Waals surface area (Å²) in [6.45, 7) is 4.45. The number of hydrogen-bond donors (Lipinski definition) is 1. The Morgan fingerprint density at radius 1 is 1.14 bits per heavy atom. The number of carbonyl (C=O) groups is 2. The van der Waals surface area contributed by atoms with Crippen molar-refractivity contribution in [3.8, 4) is 0 Å². The van der Waals surface area contributed by atoms with Gasteiger partial charge in [0.2, 0.25) is 11.8 Å². The van der Waals surface area contributed by atoms with Crippen molar-refractivity contribution in [2.45, 2.75) is 38.9 Å². The van der Waals surface area contributed by atoms with Gasteiger partial charge in [0.1, 0.15) is 0 Å². The second kappa shape index (κ2) is 8.47. The summed E-state index contributed by atoms with van der Waals surface area (Å²) in [5.74, 6) is 0.742. The van der Waals surface area contributed by atoms with Crippen LogP contribution >= 0.6 is 0 Å². The molecule has 2 aromatic rings. The lowest BCUT2D eigenvalue weighted by Gasteiger charge is -2.28. The zero-order valence-corrected chi connectivity index (χ0v) is 15.9. The lowest BCUT2D eigenvalue weighted by molar-refractivity contribution is -0.138. The number of nitrogens with zero attached hydrogens (tertiary/aromatic N) is 6. The molecule has 148 valence electrons. The molecule has 1 aromatic heterocycles. The molecule has 1 aromatic carbocycles. The van der Waals surface area contributed by atoms with Gasteiger partial charge in [0.15, 0.2) is 5.82 Å². The van der Waals surface area contributed by atoms with Gasteiger partial charge in [-0.05, 0) is 34.4 Å². The summed E-state index contributed by atoms with van der Waals surface area (Å²) in [6.07, 6.45) is 2.08. The molecular formula is C19H25N7O2. The summed E-state index contributed by atoms with van der Waals surface area (Å²) < 4.78 is 1.79. The first-order chi connectivity index (χ1) is 13.7. The number of tetrazole rings is 1. The highest BCUT2D eigenvalue weighted by Gasteiger charge is 2.21. The van der Waals surface area contributed by atoms with Crippen LogP contribution < -0.4 is 5.32 Å². The van der Waals surface area contributed by atoms with E-state index < -0.39 is 0 Å². The van der Waals surface area contributed by atoms with Gasteiger partial charge in [0.05, 0.1) is 13.1 Å². The highest BCUT2D eigenvalue weighted by atomic mass is 16.2. The van der Waals surface area contributed by atoms with E-state index in [1.807, 2.05) is 0 Å². The molecule has 0 spiro atoms. The van der Waals surface area contributed by atoms with Crippen LogP contribution in [0.3, 0.4) is 0 Å². The number of fused-ring (bicyclic) bond motifs is 1. The van der Waals surface area contributed by atoms with E-state index in [-0.39, 0.29) is 18.4 Å². The van der Waals surface area contributed by atoms with Crippen LogP contribution in [-0.2, 0) is 35.6 Å². The number of aromatic nitrogens is 4. The second-order valence-corrected chi connectivity index (χ2v) is 7.32. The number of piperazine rings is 1. The van der Waals surface area contributed by atoms with Gasteiger partial charge in [-0.25, -0.2) is 4.68 Å². The lowest BCUT2D eigenvalue weighted by atomic mass is 10.00. The maximum absolute atomic E-state index is 12.3. The summed E-state index contributed by atoms with van der Waals surface area (Å²) in [5, 5.41) is 14.8. The molecule has 1 fully saturated rings. The molecule has 0 saturated carbocycles. The molecule has 0 aliphatic carbocycles. The SMILES string of the molecule is O=C1CN(C(=O)CCCn2nnnc2CN2CCc3ccccc3C2)CCN1. The van der Waals surface area contributed by atoms with Crippen molar-refractivity contribution >= 4 is 11.8 Å². The highest BCUT2D eigenvalue weighted by molar-refractivity contribution is 5.85. The van der Waals surface area contributed by atoms with Gasteiger partial charge in [0, 0.05) is 39.1 Å². The fourth-order valence-electron chi connectivity index (χ4n) is 3.79. The summed E-state index contributed by atoms with van der Waals surface area (Å²) in [5.41, 5.74) is 2.78. The van der Waals surface area contributed by atoms with Crippen molar-refractivity contribution in [2.75, 3.05) is 26.2 Å². The fraction of sp³-hybridized carbons (Fsp3) is 0.526. The minimum absolute atomic E-state index is 0.0112. The Bertz CT molecular complexity index is 850. The molecule has 0 radical (unpaired) electrons. The van der Waals surface area contributed by atoms with Crippen LogP contribution in [0.4, 0.5) is 0 Å². The highest BCUT2D eigenvalue weighted by Crippen LogP contribution is 2.19. The number of hydrogen-bond acceptors (Lipinski definition) is 6. The summed E-state index contributed by atoms with van der Waals surface area (Å²) >= 11 is 0. The number of nitrogens with one attached hydrogen (secondary N) is 1. The number of carbonyl (C=O) groups excluding carboxylic acids is 2. The third-order valence-corrected chi connectivity index (χ3v) is 5.33. The minimum Gasteiger partial charge on any atom is -0.353 e. The van der Waals surface area contributed by atoms with Crippen LogP contribution in [0.1, 0.15) is 29.8 Å². The molecule has 9 heteroatoms. The first-order valence-electron chi connectivity index (χ1n) is 9.78. The van der Waals surface area contributed by atoms with Gasteiger partial charge in [0.25, 0.3) is 0 Å². The van der Waals surface area contributed by atoms with Crippen molar-refractivity contribution in [1.82, 2.24) is 35.3 Å². The van der Waals surface area contributed by atoms with E-state index in [4.69, 9.17) is 0 Å². The van der Waals surface area contributed by atoms with E-state index >= 15 is 0 Å². The van der Waals surface area contributed by atoms with Crippen molar-refractivity contribution in [3.63, 3.8) is 0 Å². The summed E-state index contributed by atoms with van der Waals surface area (Å²) in [7, 11) is 0. The number of benzene rings is 1. The Morgan fingerprint density at radius 3 is 2.86 bits per heavy atom. The molecule has 9 nitrogen and oxygen atoms in total. The molecule has 1 saturated heterocycles. The second-order valence-electron chi connectivity index (χ2n) is 7.32. The van der Waals surface area contributed by atoms with E-state index in [0.717, 1.165) is 25.3 Å². The quantitative estimate of drug-likeness (QED) is 0.753. The van der Waals surface area contributed by atoms with Crippen LogP contribution in [0.25, 0.3) is 0 Å². The predicted molar refractivity (Wildman–Crippen MR) is 101 cm³/mol. The molecular weight excluding hydrogens is 358 g/mol. The molecule has 2 aliphatic heterocycles. The average Bonchev–Trinajstić information content (AvgIpc) is 3.14. The monoisotopic (exact) mass is 383 g/mol. The lowest BCUT2D eigenvalue weighted by Crippen LogP contribution is -2.49. The molecule has 0 atom stereocenters. The molecule has 0 bridgehead atoms. The third kappa shape index (κ3) is 4.36. The number of amides is 2. The molecule has 0 unspecified atom stereocenters. The predicted octanol–water partition coefficient (Wildman–Crippen LogP) is -0.0300. The largest absolute Gasteiger partial charge is 0.353 e. The molecule has 2 aliphatic rings. The first kappa shape index (κ1) is 18.5. The smallest absolute Gasteiger partial charge is 0.239 e. The van der Waals surface area contributed by atoms with E-state index in [1.165, 1.54) is 11.1 Å². The van der Waals surface area contributed by atoms with Crippen molar-refractivity contribution in [3.05, 3.63) is 41.2 Å². The van der Waals surface area contributed by atoms with E-state index in [1.54, 1.807) is 9.58 Å². The average molecular weight is 383 g/mol. The fourth-order valence-corrected chi connectivity index (χ4v) is 3.79. The maximum atomic E-state index is 12.3. The van der Waals surface area contributed by atoms with Gasteiger partial charge in [-0.3, -0.25) is 14.5 Å². The standard InChI is InChI=1S/C19H25N7O2/c27-18-14-25(11-8-20-18)19(28)6-3-9-26-17(21-22-23-26)13-24-10-7-15-4-1-2-5-16(15)12-24/h1-2,4-5H,3,6-14H2,(H,20,27). The van der Waals surface area contributed by atoms with Crippen molar-refractivity contribution < 1.29 is 9.59 Å². The van der Waals surface area contributed by atoms with Gasteiger partial charge in [-0.15, -0.1) is 5.10 Å². The number of rotatable bonds is 6. The molecule has 3 heterocycles. The van der Waals surface area contributed by atoms with E-state index in [2.05, 4.69) is 50.0 Å². The van der Waals surface area contributed by atoms with E-state index in [0.29, 0.717) is 39.0 Å².